The molecule has 1 aromatic carbocycles. The fourth-order valence-electron chi connectivity index (χ4n) is 2.23. The number of hydrogen-bond acceptors (Lipinski definition) is 2. The van der Waals surface area contributed by atoms with Gasteiger partial charge in [0.1, 0.15) is 0 Å². The summed E-state index contributed by atoms with van der Waals surface area (Å²) in [5.74, 6) is -0.273. The minimum Gasteiger partial charge on any atom is -0.361 e. The Labute approximate surface area is 124 Å². The zero-order valence-corrected chi connectivity index (χ0v) is 12.4. The predicted molar refractivity (Wildman–Crippen MR) is 82.9 cm³/mol. The van der Waals surface area contributed by atoms with E-state index in [1.807, 2.05) is 44.3 Å². The molecule has 0 spiro atoms. The van der Waals surface area contributed by atoms with E-state index in [1.54, 1.807) is 0 Å². The van der Waals surface area contributed by atoms with Gasteiger partial charge in [-0.25, -0.2) is 0 Å². The van der Waals surface area contributed by atoms with Gasteiger partial charge in [-0.1, -0.05) is 18.2 Å². The molecule has 112 valence electrons. The highest BCUT2D eigenvalue weighted by Crippen LogP contribution is 2.18. The Morgan fingerprint density at radius 3 is 2.71 bits per heavy atom. The number of carbonyl (C=O) groups excluding carboxylic acids is 2. The molecule has 1 heterocycles. The predicted octanol–water partition coefficient (Wildman–Crippen LogP) is 1.74. The fraction of sp³-hybridized carbons (Fsp3) is 0.375. The molecule has 0 bridgehead atoms. The monoisotopic (exact) mass is 287 g/mol. The molecule has 0 aliphatic heterocycles. The van der Waals surface area contributed by atoms with Crippen molar-refractivity contribution in [3.05, 3.63) is 36.0 Å². The Morgan fingerprint density at radius 2 is 1.95 bits per heavy atom. The van der Waals surface area contributed by atoms with Gasteiger partial charge >= 0.3 is 0 Å². The van der Waals surface area contributed by atoms with Crippen molar-refractivity contribution in [1.29, 1.82) is 0 Å². The molecule has 0 fully saturated rings. The van der Waals surface area contributed by atoms with Gasteiger partial charge < -0.3 is 15.6 Å². The molecule has 0 saturated heterocycles. The third-order valence-electron chi connectivity index (χ3n) is 3.19. The van der Waals surface area contributed by atoms with Gasteiger partial charge in [-0.15, -0.1) is 0 Å². The van der Waals surface area contributed by atoms with E-state index in [4.69, 9.17) is 0 Å². The van der Waals surface area contributed by atoms with Gasteiger partial charge in [-0.05, 0) is 31.9 Å². The summed E-state index contributed by atoms with van der Waals surface area (Å²) in [6, 6.07) is 8.09. The van der Waals surface area contributed by atoms with Crippen molar-refractivity contribution >= 4 is 22.7 Å². The maximum Gasteiger partial charge on any atom is 0.239 e. The van der Waals surface area contributed by atoms with E-state index in [0.717, 1.165) is 16.5 Å². The van der Waals surface area contributed by atoms with E-state index in [9.17, 15) is 9.59 Å². The number of fused-ring (bicyclic) bond motifs is 1. The Bertz CT molecular complexity index is 631. The van der Waals surface area contributed by atoms with Crippen molar-refractivity contribution < 1.29 is 9.59 Å². The van der Waals surface area contributed by atoms with Crippen molar-refractivity contribution in [3.63, 3.8) is 0 Å². The van der Waals surface area contributed by atoms with E-state index in [0.29, 0.717) is 12.8 Å². The summed E-state index contributed by atoms with van der Waals surface area (Å²) in [4.78, 5) is 26.4. The number of aromatic amines is 1. The number of nitrogens with one attached hydrogen (secondary N) is 3. The first kappa shape index (κ1) is 15.1. The summed E-state index contributed by atoms with van der Waals surface area (Å²) in [5, 5.41) is 6.51. The standard InChI is InChI=1S/C16H21N3O2/c1-11(2)19-16(21)10-18-15(20)8-7-12-9-17-14-6-4-3-5-13(12)14/h3-6,9,11,17H,7-8,10H2,1-2H3,(H,18,20)(H,19,21). The van der Waals surface area contributed by atoms with Crippen LogP contribution in [0.5, 0.6) is 0 Å². The number of para-hydroxylation sites is 1. The van der Waals surface area contributed by atoms with Crippen LogP contribution in [0.2, 0.25) is 0 Å². The van der Waals surface area contributed by atoms with Crippen molar-refractivity contribution in [1.82, 2.24) is 15.6 Å². The SMILES string of the molecule is CC(C)NC(=O)CNC(=O)CCc1c[nH]c2ccccc12. The van der Waals surface area contributed by atoms with Gasteiger partial charge in [0, 0.05) is 29.6 Å². The second-order valence-electron chi connectivity index (χ2n) is 5.36. The van der Waals surface area contributed by atoms with Crippen LogP contribution in [0.3, 0.4) is 0 Å². The topological polar surface area (TPSA) is 74.0 Å². The Hall–Kier alpha value is -2.30. The third kappa shape index (κ3) is 4.34. The molecule has 1 aromatic heterocycles. The largest absolute Gasteiger partial charge is 0.361 e. The number of H-pyrrole nitrogens is 1. The molecular weight excluding hydrogens is 266 g/mol. The molecule has 21 heavy (non-hydrogen) atoms. The van der Waals surface area contributed by atoms with Crippen LogP contribution in [-0.4, -0.2) is 29.4 Å². The molecule has 3 N–H and O–H groups in total. The van der Waals surface area contributed by atoms with Crippen LogP contribution >= 0.6 is 0 Å². The zero-order valence-electron chi connectivity index (χ0n) is 12.4. The highest BCUT2D eigenvalue weighted by Gasteiger charge is 2.08. The van der Waals surface area contributed by atoms with Gasteiger partial charge in [0.25, 0.3) is 0 Å². The van der Waals surface area contributed by atoms with Crippen LogP contribution in [0.1, 0.15) is 25.8 Å². The van der Waals surface area contributed by atoms with Gasteiger partial charge in [0.05, 0.1) is 6.54 Å². The first-order valence-corrected chi connectivity index (χ1v) is 7.17. The quantitative estimate of drug-likeness (QED) is 0.757. The molecule has 2 rings (SSSR count). The minimum atomic E-state index is -0.162. The summed E-state index contributed by atoms with van der Waals surface area (Å²) < 4.78 is 0. The van der Waals surface area contributed by atoms with Crippen molar-refractivity contribution in [2.24, 2.45) is 0 Å². The van der Waals surface area contributed by atoms with Crippen molar-refractivity contribution in [2.45, 2.75) is 32.7 Å². The second kappa shape index (κ2) is 6.92. The fourth-order valence-corrected chi connectivity index (χ4v) is 2.23. The lowest BCUT2D eigenvalue weighted by molar-refractivity contribution is -0.126. The molecule has 0 aliphatic rings. The number of amides is 2. The smallest absolute Gasteiger partial charge is 0.239 e. The zero-order chi connectivity index (χ0) is 15.2. The number of carbonyl (C=O) groups is 2. The lowest BCUT2D eigenvalue weighted by Crippen LogP contribution is -2.39. The number of hydrogen-bond donors (Lipinski definition) is 3. The summed E-state index contributed by atoms with van der Waals surface area (Å²) in [6.07, 6.45) is 2.96. The number of benzene rings is 1. The molecule has 0 atom stereocenters. The Balaban J connectivity index is 1.80. The second-order valence-corrected chi connectivity index (χ2v) is 5.36. The van der Waals surface area contributed by atoms with Crippen LogP contribution in [0.15, 0.2) is 30.5 Å². The molecule has 0 radical (unpaired) electrons. The summed E-state index contributed by atoms with van der Waals surface area (Å²) in [5.41, 5.74) is 2.19. The lowest BCUT2D eigenvalue weighted by Gasteiger charge is -2.09. The summed E-state index contributed by atoms with van der Waals surface area (Å²) in [6.45, 7) is 3.80. The average Bonchev–Trinajstić information content (AvgIpc) is 2.85. The Morgan fingerprint density at radius 1 is 1.19 bits per heavy atom. The maximum atomic E-state index is 11.8. The summed E-state index contributed by atoms with van der Waals surface area (Å²) in [7, 11) is 0. The Kier molecular flexibility index (Phi) is 4.98. The van der Waals surface area contributed by atoms with E-state index in [-0.39, 0.29) is 24.4 Å². The van der Waals surface area contributed by atoms with Crippen LogP contribution in [0.25, 0.3) is 10.9 Å². The third-order valence-corrected chi connectivity index (χ3v) is 3.19. The highest BCUT2D eigenvalue weighted by atomic mass is 16.2. The highest BCUT2D eigenvalue weighted by molar-refractivity contribution is 5.86. The van der Waals surface area contributed by atoms with Gasteiger partial charge in [-0.3, -0.25) is 9.59 Å². The molecule has 2 aromatic rings. The molecular formula is C16H21N3O2. The van der Waals surface area contributed by atoms with Crippen LogP contribution in [0, 0.1) is 0 Å². The van der Waals surface area contributed by atoms with Gasteiger partial charge in [0.2, 0.25) is 11.8 Å². The first-order chi connectivity index (χ1) is 10.1. The average molecular weight is 287 g/mol. The molecule has 0 unspecified atom stereocenters. The molecule has 0 aliphatic carbocycles. The van der Waals surface area contributed by atoms with Crippen LogP contribution in [-0.2, 0) is 16.0 Å². The van der Waals surface area contributed by atoms with E-state index in [2.05, 4.69) is 15.6 Å². The number of aromatic nitrogens is 1. The molecule has 5 nitrogen and oxygen atoms in total. The van der Waals surface area contributed by atoms with E-state index in [1.165, 1.54) is 0 Å². The lowest BCUT2D eigenvalue weighted by atomic mass is 10.1. The molecule has 0 saturated carbocycles. The van der Waals surface area contributed by atoms with E-state index >= 15 is 0 Å². The van der Waals surface area contributed by atoms with Gasteiger partial charge in [0.15, 0.2) is 0 Å². The first-order valence-electron chi connectivity index (χ1n) is 7.17. The number of aryl methyl sites for hydroxylation is 1. The van der Waals surface area contributed by atoms with Crippen LogP contribution in [0.4, 0.5) is 0 Å². The van der Waals surface area contributed by atoms with E-state index < -0.39 is 0 Å². The number of rotatable bonds is 6. The maximum absolute atomic E-state index is 11.8. The molecule has 5 heteroatoms. The van der Waals surface area contributed by atoms with Crippen molar-refractivity contribution in [2.75, 3.05) is 6.54 Å². The van der Waals surface area contributed by atoms with Gasteiger partial charge in [-0.2, -0.15) is 0 Å². The summed E-state index contributed by atoms with van der Waals surface area (Å²) >= 11 is 0. The normalized spacial score (nSPS) is 10.8. The minimum absolute atomic E-state index is 0.0326. The molecule has 2 amide bonds. The van der Waals surface area contributed by atoms with Crippen LogP contribution < -0.4 is 10.6 Å². The van der Waals surface area contributed by atoms with Crippen molar-refractivity contribution in [3.8, 4) is 0 Å².